The molecule has 2 aromatic rings. The summed E-state index contributed by atoms with van der Waals surface area (Å²) in [6.45, 7) is 2.51. The summed E-state index contributed by atoms with van der Waals surface area (Å²) in [4.78, 5) is 17.3. The van der Waals surface area contributed by atoms with Gasteiger partial charge >= 0.3 is 0 Å². The summed E-state index contributed by atoms with van der Waals surface area (Å²) in [5.41, 5.74) is 4.19. The first-order valence-electron chi connectivity index (χ1n) is 5.20. The molecular weight excluding hydrogens is 236 g/mol. The van der Waals surface area contributed by atoms with Crippen molar-refractivity contribution < 1.29 is 4.79 Å². The molecule has 6 heteroatoms. The predicted molar refractivity (Wildman–Crippen MR) is 67.6 cm³/mol. The number of hydrogen-bond acceptors (Lipinski definition) is 5. The van der Waals surface area contributed by atoms with Gasteiger partial charge in [-0.3, -0.25) is 9.48 Å². The van der Waals surface area contributed by atoms with E-state index in [2.05, 4.69) is 10.1 Å². The fourth-order valence-corrected chi connectivity index (χ4v) is 2.44. The third-order valence-electron chi connectivity index (χ3n) is 2.60. The van der Waals surface area contributed by atoms with Gasteiger partial charge in [-0.1, -0.05) is 0 Å². The van der Waals surface area contributed by atoms with Crippen molar-refractivity contribution in [1.82, 2.24) is 14.8 Å². The molecular formula is C11H14N4OS. The summed E-state index contributed by atoms with van der Waals surface area (Å²) >= 11 is 1.57. The molecule has 17 heavy (non-hydrogen) atoms. The van der Waals surface area contributed by atoms with E-state index in [1.165, 1.54) is 0 Å². The Morgan fingerprint density at radius 2 is 2.35 bits per heavy atom. The van der Waals surface area contributed by atoms with Gasteiger partial charge in [0.1, 0.15) is 5.82 Å². The van der Waals surface area contributed by atoms with Crippen LogP contribution in [0.15, 0.2) is 10.9 Å². The Labute approximate surface area is 104 Å². The van der Waals surface area contributed by atoms with E-state index in [4.69, 9.17) is 0 Å². The second-order valence-corrected chi connectivity index (χ2v) is 4.62. The smallest absolute Gasteiger partial charge is 0.155 e. The van der Waals surface area contributed by atoms with E-state index >= 15 is 0 Å². The van der Waals surface area contributed by atoms with Gasteiger partial charge in [0.2, 0.25) is 0 Å². The minimum atomic E-state index is 0.644. The highest BCUT2D eigenvalue weighted by molar-refractivity contribution is 7.07. The van der Waals surface area contributed by atoms with Crippen LogP contribution < -0.4 is 4.90 Å². The zero-order valence-electron chi connectivity index (χ0n) is 10.0. The number of aryl methyl sites for hydroxylation is 2. The van der Waals surface area contributed by atoms with Crippen molar-refractivity contribution in [2.45, 2.75) is 13.5 Å². The Hall–Kier alpha value is -1.69. The topological polar surface area (TPSA) is 51.0 Å². The molecule has 0 saturated carbocycles. The van der Waals surface area contributed by atoms with Crippen molar-refractivity contribution in [3.8, 4) is 0 Å². The van der Waals surface area contributed by atoms with E-state index < -0.39 is 0 Å². The van der Waals surface area contributed by atoms with Crippen LogP contribution in [0.3, 0.4) is 0 Å². The molecule has 0 atom stereocenters. The maximum Gasteiger partial charge on any atom is 0.155 e. The second kappa shape index (κ2) is 4.67. The average Bonchev–Trinajstić information content (AvgIpc) is 2.85. The highest BCUT2D eigenvalue weighted by atomic mass is 32.1. The standard InChI is InChI=1S/C11H14N4OS/c1-8-10(5-16)11(15(3)13-8)14(2)4-9-6-17-7-12-9/h5-7H,4H2,1-3H3. The molecule has 0 bridgehead atoms. The Morgan fingerprint density at radius 3 is 2.94 bits per heavy atom. The number of rotatable bonds is 4. The number of anilines is 1. The van der Waals surface area contributed by atoms with Gasteiger partial charge in [0.05, 0.1) is 29.0 Å². The monoisotopic (exact) mass is 250 g/mol. The van der Waals surface area contributed by atoms with Gasteiger partial charge in [-0.05, 0) is 6.92 Å². The molecule has 0 aliphatic heterocycles. The van der Waals surface area contributed by atoms with Crippen molar-refractivity contribution in [2.75, 3.05) is 11.9 Å². The van der Waals surface area contributed by atoms with Crippen molar-refractivity contribution in [2.24, 2.45) is 7.05 Å². The average molecular weight is 250 g/mol. The molecule has 5 nitrogen and oxygen atoms in total. The lowest BCUT2D eigenvalue weighted by atomic mass is 10.2. The van der Waals surface area contributed by atoms with E-state index in [1.807, 2.05) is 31.3 Å². The molecule has 0 fully saturated rings. The van der Waals surface area contributed by atoms with Gasteiger partial charge in [-0.2, -0.15) is 5.10 Å². The number of aldehydes is 1. The first-order chi connectivity index (χ1) is 8.13. The summed E-state index contributed by atoms with van der Waals surface area (Å²) in [5, 5.41) is 6.26. The maximum atomic E-state index is 11.1. The molecule has 2 aromatic heterocycles. The van der Waals surface area contributed by atoms with E-state index in [0.717, 1.165) is 23.5 Å². The number of hydrogen-bond donors (Lipinski definition) is 0. The molecule has 0 aliphatic carbocycles. The zero-order chi connectivity index (χ0) is 12.4. The van der Waals surface area contributed by atoms with Crippen LogP contribution in [0.4, 0.5) is 5.82 Å². The molecule has 2 rings (SSSR count). The van der Waals surface area contributed by atoms with Gasteiger partial charge in [-0.15, -0.1) is 11.3 Å². The summed E-state index contributed by atoms with van der Waals surface area (Å²) in [5.74, 6) is 0.825. The van der Waals surface area contributed by atoms with Crippen molar-refractivity contribution in [1.29, 1.82) is 0 Å². The summed E-state index contributed by atoms with van der Waals surface area (Å²) in [6, 6.07) is 0. The lowest BCUT2D eigenvalue weighted by Crippen LogP contribution is -2.20. The van der Waals surface area contributed by atoms with Crippen molar-refractivity contribution >= 4 is 23.4 Å². The molecule has 0 saturated heterocycles. The van der Waals surface area contributed by atoms with Gasteiger partial charge in [-0.25, -0.2) is 4.98 Å². The lowest BCUT2D eigenvalue weighted by molar-refractivity contribution is 0.112. The van der Waals surface area contributed by atoms with Crippen LogP contribution >= 0.6 is 11.3 Å². The number of nitrogens with zero attached hydrogens (tertiary/aromatic N) is 4. The molecule has 90 valence electrons. The van der Waals surface area contributed by atoms with Crippen LogP contribution in [0.1, 0.15) is 21.7 Å². The first-order valence-corrected chi connectivity index (χ1v) is 6.14. The number of carbonyl (C=O) groups is 1. The second-order valence-electron chi connectivity index (χ2n) is 3.90. The summed E-state index contributed by atoms with van der Waals surface area (Å²) < 4.78 is 1.73. The van der Waals surface area contributed by atoms with Crippen LogP contribution in [0.5, 0.6) is 0 Å². The van der Waals surface area contributed by atoms with E-state index in [-0.39, 0.29) is 0 Å². The number of thiazole rings is 1. The molecule has 0 N–H and O–H groups in total. The van der Waals surface area contributed by atoms with Gasteiger partial charge < -0.3 is 4.90 Å². The SMILES string of the molecule is Cc1nn(C)c(N(C)Cc2cscn2)c1C=O. The molecule has 0 radical (unpaired) electrons. The number of aromatic nitrogens is 3. The lowest BCUT2D eigenvalue weighted by Gasteiger charge is -2.18. The minimum Gasteiger partial charge on any atom is -0.353 e. The minimum absolute atomic E-state index is 0.644. The molecule has 0 aliphatic rings. The van der Waals surface area contributed by atoms with E-state index in [9.17, 15) is 4.79 Å². The maximum absolute atomic E-state index is 11.1. The van der Waals surface area contributed by atoms with Crippen LogP contribution in [-0.4, -0.2) is 28.1 Å². The zero-order valence-corrected chi connectivity index (χ0v) is 10.9. The van der Waals surface area contributed by atoms with Crippen molar-refractivity contribution in [3.63, 3.8) is 0 Å². The molecule has 0 amide bonds. The van der Waals surface area contributed by atoms with Crippen LogP contribution in [0, 0.1) is 6.92 Å². The van der Waals surface area contributed by atoms with Crippen molar-refractivity contribution in [3.05, 3.63) is 27.8 Å². The molecule has 0 aromatic carbocycles. The fraction of sp³-hybridized carbons (Fsp3) is 0.364. The predicted octanol–water partition coefficient (Wildman–Crippen LogP) is 1.63. The van der Waals surface area contributed by atoms with Gasteiger partial charge in [0.25, 0.3) is 0 Å². The Morgan fingerprint density at radius 1 is 1.59 bits per heavy atom. The van der Waals surface area contributed by atoms with E-state index in [0.29, 0.717) is 12.1 Å². The van der Waals surface area contributed by atoms with Crippen LogP contribution in [-0.2, 0) is 13.6 Å². The highest BCUT2D eigenvalue weighted by Gasteiger charge is 2.16. The van der Waals surface area contributed by atoms with Gasteiger partial charge in [0, 0.05) is 19.5 Å². The summed E-state index contributed by atoms with van der Waals surface area (Å²) in [6.07, 6.45) is 0.856. The summed E-state index contributed by atoms with van der Waals surface area (Å²) in [7, 11) is 3.77. The largest absolute Gasteiger partial charge is 0.353 e. The Bertz CT molecular complexity index is 518. The third kappa shape index (κ3) is 2.21. The van der Waals surface area contributed by atoms with E-state index in [1.54, 1.807) is 21.5 Å². The van der Waals surface area contributed by atoms with Gasteiger partial charge in [0.15, 0.2) is 6.29 Å². The highest BCUT2D eigenvalue weighted by Crippen LogP contribution is 2.21. The van der Waals surface area contributed by atoms with Crippen LogP contribution in [0.25, 0.3) is 0 Å². The quantitative estimate of drug-likeness (QED) is 0.774. The molecule has 2 heterocycles. The first kappa shape index (κ1) is 11.8. The third-order valence-corrected chi connectivity index (χ3v) is 3.23. The van der Waals surface area contributed by atoms with Crippen LogP contribution in [0.2, 0.25) is 0 Å². The Balaban J connectivity index is 2.30. The fourth-order valence-electron chi connectivity index (χ4n) is 1.89. The molecule has 0 spiro atoms. The normalized spacial score (nSPS) is 10.5. The molecule has 0 unspecified atom stereocenters. The number of carbonyl (C=O) groups excluding carboxylic acids is 1. The Kier molecular flexibility index (Phi) is 3.23.